The molecule has 1 aliphatic rings. The summed E-state index contributed by atoms with van der Waals surface area (Å²) in [6.45, 7) is 5.81. The molecule has 4 rings (SSSR count). The monoisotopic (exact) mass is 520 g/mol. The lowest BCUT2D eigenvalue weighted by molar-refractivity contribution is 0.0285. The number of ether oxygens (including phenoxy) is 1. The van der Waals surface area contributed by atoms with Crippen molar-refractivity contribution in [2.75, 3.05) is 7.05 Å². The van der Waals surface area contributed by atoms with Gasteiger partial charge < -0.3 is 20.4 Å². The first-order valence-electron chi connectivity index (χ1n) is 12.3. The van der Waals surface area contributed by atoms with Gasteiger partial charge in [0.15, 0.2) is 0 Å². The van der Waals surface area contributed by atoms with E-state index in [1.54, 1.807) is 19.2 Å². The minimum Gasteiger partial charge on any atom is -0.444 e. The molecule has 3 aromatic rings. The Morgan fingerprint density at radius 3 is 2.65 bits per heavy atom. The zero-order chi connectivity index (χ0) is 26.6. The molecule has 0 aliphatic heterocycles. The van der Waals surface area contributed by atoms with E-state index in [1.165, 1.54) is 29.1 Å². The molecule has 2 aromatic carbocycles. The second-order valence-corrected chi connectivity index (χ2v) is 11.2. The molecule has 1 amide bonds. The number of halogens is 1. The van der Waals surface area contributed by atoms with Crippen LogP contribution in [-0.4, -0.2) is 39.9 Å². The van der Waals surface area contributed by atoms with Crippen molar-refractivity contribution in [3.8, 4) is 11.3 Å². The zero-order valence-corrected chi connectivity index (χ0v) is 22.4. The number of amides is 1. The van der Waals surface area contributed by atoms with Crippen LogP contribution in [0.1, 0.15) is 44.7 Å². The molecule has 1 fully saturated rings. The van der Waals surface area contributed by atoms with Crippen molar-refractivity contribution in [2.45, 2.75) is 56.7 Å². The Kier molecular flexibility index (Phi) is 8.07. The van der Waals surface area contributed by atoms with Gasteiger partial charge >= 0.3 is 6.09 Å². The molecule has 2 N–H and O–H groups in total. The first kappa shape index (κ1) is 26.5. The topological polar surface area (TPSA) is 70.4 Å². The van der Waals surface area contributed by atoms with Crippen molar-refractivity contribution >= 4 is 29.8 Å². The number of nitrogens with one attached hydrogen (secondary N) is 2. The fourth-order valence-electron chi connectivity index (χ4n) is 3.71. The molecular weight excluding hydrogens is 487 g/mol. The molecular formula is C29H33FN4O2S. The quantitative estimate of drug-likeness (QED) is 0.299. The van der Waals surface area contributed by atoms with E-state index in [2.05, 4.69) is 5.32 Å². The fourth-order valence-corrected chi connectivity index (χ4v) is 4.70. The number of carbonyl (C=O) groups excluding carboxylic acids is 1. The van der Waals surface area contributed by atoms with Crippen LogP contribution in [0, 0.1) is 11.2 Å². The Bertz CT molecular complexity index is 1310. The summed E-state index contributed by atoms with van der Waals surface area (Å²) >= 11 is 1.46. The van der Waals surface area contributed by atoms with Crippen LogP contribution in [0.15, 0.2) is 71.9 Å². The van der Waals surface area contributed by atoms with Gasteiger partial charge in [-0.2, -0.15) is 0 Å². The number of benzene rings is 2. The van der Waals surface area contributed by atoms with Crippen molar-refractivity contribution in [2.24, 2.45) is 0 Å². The molecule has 1 heterocycles. The van der Waals surface area contributed by atoms with Gasteiger partial charge in [0.25, 0.3) is 0 Å². The highest BCUT2D eigenvalue weighted by Gasteiger charge is 2.22. The van der Waals surface area contributed by atoms with Crippen molar-refractivity contribution in [1.29, 1.82) is 5.41 Å². The predicted octanol–water partition coefficient (Wildman–Crippen LogP) is 6.96. The first-order chi connectivity index (χ1) is 17.6. The largest absolute Gasteiger partial charge is 0.444 e. The summed E-state index contributed by atoms with van der Waals surface area (Å²) in [5, 5.41) is 11.2. The summed E-state index contributed by atoms with van der Waals surface area (Å²) in [6, 6.07) is 17.0. The maximum absolute atomic E-state index is 14.8. The highest BCUT2D eigenvalue weighted by atomic mass is 32.2. The number of hydrogen-bond donors (Lipinski definition) is 2. The van der Waals surface area contributed by atoms with Gasteiger partial charge in [-0.05, 0) is 87.0 Å². The second-order valence-electron chi connectivity index (χ2n) is 10.2. The smallest absolute Gasteiger partial charge is 0.410 e. The van der Waals surface area contributed by atoms with Crippen molar-refractivity contribution in [3.05, 3.63) is 83.9 Å². The van der Waals surface area contributed by atoms with Crippen molar-refractivity contribution in [3.63, 3.8) is 0 Å². The van der Waals surface area contributed by atoms with Gasteiger partial charge in [0.2, 0.25) is 0 Å². The van der Waals surface area contributed by atoms with Crippen LogP contribution in [0.25, 0.3) is 16.8 Å². The van der Waals surface area contributed by atoms with Crippen LogP contribution in [0.4, 0.5) is 9.18 Å². The molecule has 194 valence electrons. The first-order valence-corrected chi connectivity index (χ1v) is 13.1. The van der Waals surface area contributed by atoms with Gasteiger partial charge in [-0.15, -0.1) is 0 Å². The van der Waals surface area contributed by atoms with Crippen molar-refractivity contribution in [1.82, 2.24) is 14.2 Å². The minimum absolute atomic E-state index is 0.316. The van der Waals surface area contributed by atoms with Gasteiger partial charge in [-0.25, -0.2) is 9.18 Å². The Hall–Kier alpha value is -3.52. The minimum atomic E-state index is -0.589. The summed E-state index contributed by atoms with van der Waals surface area (Å²) in [4.78, 5) is 15.0. The summed E-state index contributed by atoms with van der Waals surface area (Å²) in [7, 11) is 1.69. The predicted molar refractivity (Wildman–Crippen MR) is 148 cm³/mol. The molecule has 0 bridgehead atoms. The Balaban J connectivity index is 1.62. The Morgan fingerprint density at radius 2 is 1.97 bits per heavy atom. The molecule has 1 aromatic heterocycles. The van der Waals surface area contributed by atoms with Gasteiger partial charge in [0, 0.05) is 47.7 Å². The maximum Gasteiger partial charge on any atom is 0.410 e. The van der Waals surface area contributed by atoms with E-state index in [4.69, 9.17) is 10.1 Å². The van der Waals surface area contributed by atoms with Crippen LogP contribution < -0.4 is 5.32 Å². The number of carbonyl (C=O) groups is 1. The van der Waals surface area contributed by atoms with Gasteiger partial charge in [-0.3, -0.25) is 3.97 Å². The third-order valence-corrected chi connectivity index (χ3v) is 6.66. The SMILES string of the molecule is CN(Cc1cc(-c2ccccc2F)n(Sc2cccc(/C(C=N)=C/NC3CC3)c2)c1)C(=O)OC(C)(C)C. The van der Waals surface area contributed by atoms with E-state index in [0.29, 0.717) is 23.8 Å². The standard InChI is InChI=1S/C29H33FN4O2S/c1-29(2,3)36-28(35)33(4)18-20-14-27(25-10-5-6-11-26(25)30)34(19-20)37-24-9-7-8-21(15-24)22(16-31)17-32-23-12-13-23/h5-11,14-17,19,23,31-32H,12-13,18H2,1-4H3/b22-17+,31-16?. The molecule has 37 heavy (non-hydrogen) atoms. The molecule has 0 spiro atoms. The van der Waals surface area contributed by atoms with Crippen molar-refractivity contribution < 1.29 is 13.9 Å². The molecule has 6 nitrogen and oxygen atoms in total. The summed E-state index contributed by atoms with van der Waals surface area (Å²) in [5.74, 6) is -0.316. The van der Waals surface area contributed by atoms with Crippen LogP contribution in [0.2, 0.25) is 0 Å². The lowest BCUT2D eigenvalue weighted by Gasteiger charge is -2.24. The molecule has 0 saturated heterocycles. The molecule has 0 atom stereocenters. The number of aromatic nitrogens is 1. The van der Waals surface area contributed by atoms with E-state index in [9.17, 15) is 9.18 Å². The second kappa shape index (κ2) is 11.3. The average molecular weight is 521 g/mol. The fraction of sp³-hybridized carbons (Fsp3) is 0.310. The number of nitrogens with zero attached hydrogens (tertiary/aromatic N) is 2. The lowest BCUT2D eigenvalue weighted by Crippen LogP contribution is -2.33. The van der Waals surface area contributed by atoms with Gasteiger partial charge in [0.1, 0.15) is 11.4 Å². The molecule has 1 saturated carbocycles. The molecule has 8 heteroatoms. The zero-order valence-electron chi connectivity index (χ0n) is 21.6. The van der Waals surface area contributed by atoms with Crippen LogP contribution in [-0.2, 0) is 11.3 Å². The Morgan fingerprint density at radius 1 is 1.22 bits per heavy atom. The summed E-state index contributed by atoms with van der Waals surface area (Å²) in [6.07, 6.45) is 7.08. The van der Waals surface area contributed by atoms with E-state index in [1.807, 2.05) is 73.5 Å². The highest BCUT2D eigenvalue weighted by Crippen LogP contribution is 2.33. The average Bonchev–Trinajstić information content (AvgIpc) is 3.59. The third kappa shape index (κ3) is 7.26. The number of allylic oxidation sites excluding steroid dienone is 1. The van der Waals surface area contributed by atoms with Crippen LogP contribution in [0.3, 0.4) is 0 Å². The lowest BCUT2D eigenvalue weighted by atomic mass is 10.1. The van der Waals surface area contributed by atoms with E-state index in [0.717, 1.165) is 34.4 Å². The van der Waals surface area contributed by atoms with Crippen LogP contribution in [0.5, 0.6) is 0 Å². The number of rotatable bonds is 9. The summed E-state index contributed by atoms with van der Waals surface area (Å²) in [5.41, 5.74) is 3.16. The van der Waals surface area contributed by atoms with E-state index in [-0.39, 0.29) is 5.82 Å². The van der Waals surface area contributed by atoms with Crippen LogP contribution >= 0.6 is 11.9 Å². The van der Waals surface area contributed by atoms with E-state index < -0.39 is 11.7 Å². The molecule has 0 radical (unpaired) electrons. The summed E-state index contributed by atoms with van der Waals surface area (Å²) < 4.78 is 22.2. The molecule has 1 aliphatic carbocycles. The van der Waals surface area contributed by atoms with E-state index >= 15 is 0 Å². The molecule has 0 unspecified atom stereocenters. The maximum atomic E-state index is 14.8. The normalized spacial score (nSPS) is 13.8. The Labute approximate surface area is 222 Å². The van der Waals surface area contributed by atoms with Gasteiger partial charge in [-0.1, -0.05) is 24.3 Å². The van der Waals surface area contributed by atoms with Gasteiger partial charge in [0.05, 0.1) is 12.2 Å². The number of hydrogen-bond acceptors (Lipinski definition) is 5. The third-order valence-electron chi connectivity index (χ3n) is 5.70. The highest BCUT2D eigenvalue weighted by molar-refractivity contribution is 7.98.